The molecule has 1 aromatic heterocycles. The molecule has 5 heteroatoms. The highest BCUT2D eigenvalue weighted by atomic mass is 16.5. The molecule has 26 heavy (non-hydrogen) atoms. The number of ether oxygens (including phenoxy) is 1. The van der Waals surface area contributed by atoms with Crippen LogP contribution in [0.2, 0.25) is 0 Å². The minimum Gasteiger partial charge on any atom is -0.497 e. The fraction of sp³-hybridized carbons (Fsp3) is 0.286. The Morgan fingerprint density at radius 2 is 1.88 bits per heavy atom. The van der Waals surface area contributed by atoms with Crippen molar-refractivity contribution < 1.29 is 9.53 Å². The zero-order valence-electron chi connectivity index (χ0n) is 15.5. The molecule has 0 saturated carbocycles. The molecule has 0 radical (unpaired) electrons. The van der Waals surface area contributed by atoms with E-state index in [0.717, 1.165) is 27.8 Å². The van der Waals surface area contributed by atoms with Crippen LogP contribution in [0.1, 0.15) is 17.2 Å². The highest BCUT2D eigenvalue weighted by molar-refractivity contribution is 5.88. The molecule has 1 atom stereocenters. The number of rotatable bonds is 7. The van der Waals surface area contributed by atoms with Crippen molar-refractivity contribution in [3.63, 3.8) is 0 Å². The molecule has 1 amide bonds. The van der Waals surface area contributed by atoms with Gasteiger partial charge in [0.05, 0.1) is 19.6 Å². The molecule has 0 aliphatic heterocycles. The van der Waals surface area contributed by atoms with Crippen molar-refractivity contribution in [1.29, 1.82) is 0 Å². The first-order valence-electron chi connectivity index (χ1n) is 8.70. The van der Waals surface area contributed by atoms with Gasteiger partial charge in [-0.05, 0) is 43.4 Å². The van der Waals surface area contributed by atoms with Gasteiger partial charge in [0.25, 0.3) is 0 Å². The van der Waals surface area contributed by atoms with E-state index >= 15 is 0 Å². The molecule has 0 spiro atoms. The third-order valence-electron chi connectivity index (χ3n) is 4.64. The lowest BCUT2D eigenvalue weighted by molar-refractivity contribution is -0.120. The van der Waals surface area contributed by atoms with Crippen LogP contribution in [0.4, 0.5) is 0 Å². The lowest BCUT2D eigenvalue weighted by atomic mass is 10.1. The number of fused-ring (bicyclic) bond motifs is 1. The lowest BCUT2D eigenvalue weighted by Gasteiger charge is -2.25. The van der Waals surface area contributed by atoms with Crippen LogP contribution in [-0.4, -0.2) is 43.5 Å². The van der Waals surface area contributed by atoms with E-state index in [-0.39, 0.29) is 11.9 Å². The zero-order valence-corrected chi connectivity index (χ0v) is 15.5. The summed E-state index contributed by atoms with van der Waals surface area (Å²) in [6.07, 6.45) is 2.28. The van der Waals surface area contributed by atoms with Gasteiger partial charge in [0.1, 0.15) is 5.75 Å². The van der Waals surface area contributed by atoms with Crippen molar-refractivity contribution in [2.45, 2.75) is 12.5 Å². The Hall–Kier alpha value is -2.79. The van der Waals surface area contributed by atoms with Crippen LogP contribution < -0.4 is 10.1 Å². The van der Waals surface area contributed by atoms with Crippen molar-refractivity contribution in [1.82, 2.24) is 15.2 Å². The van der Waals surface area contributed by atoms with E-state index in [0.29, 0.717) is 13.0 Å². The predicted molar refractivity (Wildman–Crippen MR) is 104 cm³/mol. The topological polar surface area (TPSA) is 57.4 Å². The largest absolute Gasteiger partial charge is 0.497 e. The number of aromatic amines is 1. The molecule has 1 unspecified atom stereocenters. The summed E-state index contributed by atoms with van der Waals surface area (Å²) in [7, 11) is 5.69. The first-order valence-corrected chi connectivity index (χ1v) is 8.70. The Morgan fingerprint density at radius 1 is 1.15 bits per heavy atom. The Labute approximate surface area is 154 Å². The Bertz CT molecular complexity index is 868. The van der Waals surface area contributed by atoms with Gasteiger partial charge in [0.15, 0.2) is 0 Å². The third kappa shape index (κ3) is 4.06. The van der Waals surface area contributed by atoms with E-state index in [9.17, 15) is 4.79 Å². The molecule has 3 rings (SSSR count). The number of benzene rings is 2. The number of hydrogen-bond acceptors (Lipinski definition) is 3. The summed E-state index contributed by atoms with van der Waals surface area (Å²) in [6, 6.07) is 16.1. The third-order valence-corrected chi connectivity index (χ3v) is 4.64. The summed E-state index contributed by atoms with van der Waals surface area (Å²) < 4.78 is 5.22. The van der Waals surface area contributed by atoms with Gasteiger partial charge in [0, 0.05) is 23.6 Å². The van der Waals surface area contributed by atoms with E-state index < -0.39 is 0 Å². The van der Waals surface area contributed by atoms with Gasteiger partial charge in [0.2, 0.25) is 5.91 Å². The van der Waals surface area contributed by atoms with Crippen molar-refractivity contribution in [2.24, 2.45) is 0 Å². The summed E-state index contributed by atoms with van der Waals surface area (Å²) in [5, 5.41) is 4.17. The molecule has 0 saturated heterocycles. The van der Waals surface area contributed by atoms with E-state index in [4.69, 9.17) is 4.74 Å². The first-order chi connectivity index (χ1) is 12.6. The van der Waals surface area contributed by atoms with Gasteiger partial charge in [-0.25, -0.2) is 0 Å². The van der Waals surface area contributed by atoms with Crippen LogP contribution in [-0.2, 0) is 11.2 Å². The number of carbonyl (C=O) groups is 1. The number of nitrogens with one attached hydrogen (secondary N) is 2. The standard InChI is InChI=1S/C21H25N3O2/c1-24(2)20(15-8-10-17(26-3)11-9-15)14-23-21(25)12-16-13-22-19-7-5-4-6-18(16)19/h4-11,13,20,22H,12,14H2,1-3H3,(H,23,25). The number of hydrogen-bond donors (Lipinski definition) is 2. The molecule has 0 aliphatic carbocycles. The molecule has 3 aromatic rings. The number of carbonyl (C=O) groups excluding carboxylic acids is 1. The molecule has 1 heterocycles. The van der Waals surface area contributed by atoms with Crippen LogP contribution in [0.15, 0.2) is 54.7 Å². The monoisotopic (exact) mass is 351 g/mol. The molecule has 0 fully saturated rings. The molecule has 5 nitrogen and oxygen atoms in total. The average Bonchev–Trinajstić information content (AvgIpc) is 3.05. The van der Waals surface area contributed by atoms with Crippen molar-refractivity contribution in [3.05, 3.63) is 65.9 Å². The van der Waals surface area contributed by atoms with Crippen LogP contribution >= 0.6 is 0 Å². The number of amides is 1. The first kappa shape index (κ1) is 18.0. The van der Waals surface area contributed by atoms with E-state index in [1.54, 1.807) is 7.11 Å². The molecule has 0 aliphatic rings. The number of para-hydroxylation sites is 1. The second-order valence-corrected chi connectivity index (χ2v) is 6.59. The maximum Gasteiger partial charge on any atom is 0.224 e. The number of likely N-dealkylation sites (N-methyl/N-ethyl adjacent to an activating group) is 1. The summed E-state index contributed by atoms with van der Waals surface area (Å²) in [6.45, 7) is 0.556. The maximum atomic E-state index is 12.4. The lowest BCUT2D eigenvalue weighted by Crippen LogP contribution is -2.35. The highest BCUT2D eigenvalue weighted by Crippen LogP contribution is 2.21. The van der Waals surface area contributed by atoms with Crippen molar-refractivity contribution in [2.75, 3.05) is 27.7 Å². The summed E-state index contributed by atoms with van der Waals surface area (Å²) in [4.78, 5) is 17.8. The van der Waals surface area contributed by atoms with E-state index in [2.05, 4.69) is 15.2 Å². The number of nitrogens with zero attached hydrogens (tertiary/aromatic N) is 1. The molecule has 2 N–H and O–H groups in total. The fourth-order valence-corrected chi connectivity index (χ4v) is 3.15. The zero-order chi connectivity index (χ0) is 18.5. The van der Waals surface area contributed by atoms with Gasteiger partial charge in [-0.15, -0.1) is 0 Å². The van der Waals surface area contributed by atoms with Gasteiger partial charge < -0.3 is 19.9 Å². The second kappa shape index (κ2) is 8.06. The number of aromatic nitrogens is 1. The van der Waals surface area contributed by atoms with E-state index in [1.807, 2.05) is 68.8 Å². The fourth-order valence-electron chi connectivity index (χ4n) is 3.15. The molecule has 2 aromatic carbocycles. The summed E-state index contributed by atoms with van der Waals surface area (Å²) in [5.41, 5.74) is 3.21. The summed E-state index contributed by atoms with van der Waals surface area (Å²) >= 11 is 0. The van der Waals surface area contributed by atoms with Gasteiger partial charge in [-0.1, -0.05) is 30.3 Å². The number of methoxy groups -OCH3 is 1. The summed E-state index contributed by atoms with van der Waals surface area (Å²) in [5.74, 6) is 0.852. The predicted octanol–water partition coefficient (Wildman–Crippen LogP) is 3.14. The Kier molecular flexibility index (Phi) is 5.58. The Balaban J connectivity index is 1.64. The van der Waals surface area contributed by atoms with Crippen LogP contribution in [0.25, 0.3) is 10.9 Å². The molecular formula is C21H25N3O2. The maximum absolute atomic E-state index is 12.4. The molecule has 0 bridgehead atoms. The van der Waals surface area contributed by atoms with Crippen LogP contribution in [0, 0.1) is 0 Å². The minimum atomic E-state index is 0.0233. The SMILES string of the molecule is COc1ccc(C(CNC(=O)Cc2c[nH]c3ccccc23)N(C)C)cc1. The molecular weight excluding hydrogens is 326 g/mol. The normalized spacial score (nSPS) is 12.3. The number of H-pyrrole nitrogens is 1. The van der Waals surface area contributed by atoms with Crippen molar-refractivity contribution >= 4 is 16.8 Å². The van der Waals surface area contributed by atoms with Crippen LogP contribution in [0.3, 0.4) is 0 Å². The van der Waals surface area contributed by atoms with Crippen molar-refractivity contribution in [3.8, 4) is 5.75 Å². The smallest absolute Gasteiger partial charge is 0.224 e. The van der Waals surface area contributed by atoms with Gasteiger partial charge in [-0.3, -0.25) is 4.79 Å². The van der Waals surface area contributed by atoms with Gasteiger partial charge >= 0.3 is 0 Å². The van der Waals surface area contributed by atoms with Gasteiger partial charge in [-0.2, -0.15) is 0 Å². The second-order valence-electron chi connectivity index (χ2n) is 6.59. The minimum absolute atomic E-state index is 0.0233. The highest BCUT2D eigenvalue weighted by Gasteiger charge is 2.16. The Morgan fingerprint density at radius 3 is 2.58 bits per heavy atom. The molecule has 136 valence electrons. The van der Waals surface area contributed by atoms with E-state index in [1.165, 1.54) is 0 Å². The van der Waals surface area contributed by atoms with Crippen LogP contribution in [0.5, 0.6) is 5.75 Å². The average molecular weight is 351 g/mol. The quantitative estimate of drug-likeness (QED) is 0.687.